The van der Waals surface area contributed by atoms with Gasteiger partial charge in [0.05, 0.1) is 19.5 Å². The Morgan fingerprint density at radius 3 is 2.32 bits per heavy atom. The van der Waals surface area contributed by atoms with Crippen LogP contribution in [0.15, 0.2) is 24.3 Å². The second-order valence-electron chi connectivity index (χ2n) is 4.05. The lowest BCUT2D eigenvalue weighted by atomic mass is 10.2. The number of esters is 1. The van der Waals surface area contributed by atoms with Crippen molar-refractivity contribution < 1.29 is 22.7 Å². The SMILES string of the molecule is CCOC(=O)[C@H](C)S(=O)(=O)Cc1ccc(OC)cc1. The van der Waals surface area contributed by atoms with Crippen molar-refractivity contribution >= 4 is 15.8 Å². The zero-order valence-corrected chi connectivity index (χ0v) is 12.1. The summed E-state index contributed by atoms with van der Waals surface area (Å²) < 4.78 is 33.8. The van der Waals surface area contributed by atoms with Crippen LogP contribution in [0.5, 0.6) is 5.75 Å². The van der Waals surface area contributed by atoms with Gasteiger partial charge in [-0.05, 0) is 31.5 Å². The number of benzene rings is 1. The molecule has 1 rings (SSSR count). The predicted octanol–water partition coefficient (Wildman–Crippen LogP) is 1.56. The van der Waals surface area contributed by atoms with Crippen LogP contribution in [0, 0.1) is 0 Å². The molecule has 1 atom stereocenters. The van der Waals surface area contributed by atoms with Gasteiger partial charge in [-0.25, -0.2) is 8.42 Å². The number of carbonyl (C=O) groups excluding carboxylic acids is 1. The molecule has 0 spiro atoms. The van der Waals surface area contributed by atoms with Crippen LogP contribution in [0.3, 0.4) is 0 Å². The van der Waals surface area contributed by atoms with Crippen molar-refractivity contribution in [3.8, 4) is 5.75 Å². The molecule has 5 nitrogen and oxygen atoms in total. The number of methoxy groups -OCH3 is 1. The lowest BCUT2D eigenvalue weighted by molar-refractivity contribution is -0.142. The first-order chi connectivity index (χ1) is 8.90. The molecule has 0 aliphatic rings. The molecular weight excluding hydrogens is 268 g/mol. The van der Waals surface area contributed by atoms with Gasteiger partial charge in [0, 0.05) is 0 Å². The Labute approximate surface area is 113 Å². The average Bonchev–Trinajstić information content (AvgIpc) is 2.38. The summed E-state index contributed by atoms with van der Waals surface area (Å²) >= 11 is 0. The third-order valence-electron chi connectivity index (χ3n) is 2.68. The van der Waals surface area contributed by atoms with E-state index in [1.165, 1.54) is 14.0 Å². The maximum atomic E-state index is 12.0. The summed E-state index contributed by atoms with van der Waals surface area (Å²) in [6, 6.07) is 6.68. The fraction of sp³-hybridized carbons (Fsp3) is 0.462. The number of rotatable bonds is 6. The van der Waals surface area contributed by atoms with Crippen LogP contribution in [0.25, 0.3) is 0 Å². The van der Waals surface area contributed by atoms with Gasteiger partial charge in [-0.3, -0.25) is 4.79 Å². The van der Waals surface area contributed by atoms with E-state index in [-0.39, 0.29) is 12.4 Å². The van der Waals surface area contributed by atoms with E-state index in [1.807, 2.05) is 0 Å². The molecule has 0 fully saturated rings. The molecule has 0 bridgehead atoms. The Bertz CT molecular complexity index is 518. The van der Waals surface area contributed by atoms with Crippen molar-refractivity contribution in [3.05, 3.63) is 29.8 Å². The lowest BCUT2D eigenvalue weighted by Crippen LogP contribution is -2.30. The molecule has 1 aromatic rings. The number of hydrogen-bond donors (Lipinski definition) is 0. The first kappa shape index (κ1) is 15.5. The summed E-state index contributed by atoms with van der Waals surface area (Å²) in [5.74, 6) is -0.257. The Hall–Kier alpha value is -1.56. The van der Waals surface area contributed by atoms with E-state index in [9.17, 15) is 13.2 Å². The number of carbonyl (C=O) groups is 1. The largest absolute Gasteiger partial charge is 0.497 e. The minimum Gasteiger partial charge on any atom is -0.497 e. The van der Waals surface area contributed by atoms with Crippen LogP contribution in [0.4, 0.5) is 0 Å². The molecule has 0 unspecified atom stereocenters. The van der Waals surface area contributed by atoms with Gasteiger partial charge in [0.25, 0.3) is 0 Å². The Balaban J connectivity index is 2.80. The molecule has 1 aromatic carbocycles. The topological polar surface area (TPSA) is 69.7 Å². The highest BCUT2D eigenvalue weighted by Crippen LogP contribution is 2.16. The molecule has 0 heterocycles. The summed E-state index contributed by atoms with van der Waals surface area (Å²) in [5, 5.41) is -1.16. The van der Waals surface area contributed by atoms with Crippen LogP contribution < -0.4 is 4.74 Å². The van der Waals surface area contributed by atoms with Crippen molar-refractivity contribution in [2.75, 3.05) is 13.7 Å². The second-order valence-corrected chi connectivity index (χ2v) is 6.37. The highest BCUT2D eigenvalue weighted by molar-refractivity contribution is 7.92. The maximum Gasteiger partial charge on any atom is 0.324 e. The summed E-state index contributed by atoms with van der Waals surface area (Å²) in [4.78, 5) is 11.5. The first-order valence-electron chi connectivity index (χ1n) is 5.92. The molecule has 0 amide bonds. The van der Waals surface area contributed by atoms with E-state index >= 15 is 0 Å². The number of hydrogen-bond acceptors (Lipinski definition) is 5. The van der Waals surface area contributed by atoms with Crippen molar-refractivity contribution in [1.29, 1.82) is 0 Å². The van der Waals surface area contributed by atoms with Gasteiger partial charge in [0.2, 0.25) is 0 Å². The molecular formula is C13H18O5S. The van der Waals surface area contributed by atoms with Crippen molar-refractivity contribution in [2.24, 2.45) is 0 Å². The Kier molecular flexibility index (Phi) is 5.35. The summed E-state index contributed by atoms with van der Waals surface area (Å²) in [5.41, 5.74) is 0.608. The predicted molar refractivity (Wildman–Crippen MR) is 71.7 cm³/mol. The minimum atomic E-state index is -3.57. The summed E-state index contributed by atoms with van der Waals surface area (Å²) in [7, 11) is -2.03. The maximum absolute atomic E-state index is 12.0. The third kappa shape index (κ3) is 4.24. The van der Waals surface area contributed by atoms with E-state index in [1.54, 1.807) is 31.2 Å². The second kappa shape index (κ2) is 6.56. The van der Waals surface area contributed by atoms with E-state index in [0.717, 1.165) is 0 Å². The van der Waals surface area contributed by atoms with Gasteiger partial charge >= 0.3 is 5.97 Å². The molecule has 19 heavy (non-hydrogen) atoms. The van der Waals surface area contributed by atoms with Crippen LogP contribution in [0.1, 0.15) is 19.4 Å². The molecule has 0 N–H and O–H groups in total. The quantitative estimate of drug-likeness (QED) is 0.742. The van der Waals surface area contributed by atoms with Gasteiger partial charge in [0.15, 0.2) is 15.1 Å². The molecule has 106 valence electrons. The Morgan fingerprint density at radius 2 is 1.84 bits per heavy atom. The average molecular weight is 286 g/mol. The van der Waals surface area contributed by atoms with E-state index in [4.69, 9.17) is 9.47 Å². The number of sulfone groups is 1. The summed E-state index contributed by atoms with van der Waals surface area (Å²) in [6.07, 6.45) is 0. The lowest BCUT2D eigenvalue weighted by Gasteiger charge is -2.12. The van der Waals surface area contributed by atoms with Gasteiger partial charge < -0.3 is 9.47 Å². The third-order valence-corrected chi connectivity index (χ3v) is 4.69. The van der Waals surface area contributed by atoms with E-state index < -0.39 is 21.1 Å². The van der Waals surface area contributed by atoms with Crippen LogP contribution in [0.2, 0.25) is 0 Å². The zero-order chi connectivity index (χ0) is 14.5. The summed E-state index contributed by atoms with van der Waals surface area (Å²) in [6.45, 7) is 3.15. The normalized spacial score (nSPS) is 12.8. The van der Waals surface area contributed by atoms with Crippen LogP contribution in [-0.2, 0) is 25.1 Å². The first-order valence-corrected chi connectivity index (χ1v) is 7.63. The van der Waals surface area contributed by atoms with Crippen LogP contribution in [-0.4, -0.2) is 33.4 Å². The monoisotopic (exact) mass is 286 g/mol. The van der Waals surface area contributed by atoms with Gasteiger partial charge in [-0.15, -0.1) is 0 Å². The van der Waals surface area contributed by atoms with E-state index in [0.29, 0.717) is 11.3 Å². The molecule has 0 radical (unpaired) electrons. The molecule has 0 aliphatic carbocycles. The molecule has 6 heteroatoms. The smallest absolute Gasteiger partial charge is 0.324 e. The van der Waals surface area contributed by atoms with Gasteiger partial charge in [-0.1, -0.05) is 12.1 Å². The zero-order valence-electron chi connectivity index (χ0n) is 11.3. The molecule has 0 aromatic heterocycles. The minimum absolute atomic E-state index is 0.168. The molecule has 0 aliphatic heterocycles. The van der Waals surface area contributed by atoms with Crippen molar-refractivity contribution in [1.82, 2.24) is 0 Å². The van der Waals surface area contributed by atoms with Crippen LogP contribution >= 0.6 is 0 Å². The Morgan fingerprint density at radius 1 is 1.26 bits per heavy atom. The van der Waals surface area contributed by atoms with Gasteiger partial charge in [0.1, 0.15) is 5.75 Å². The highest BCUT2D eigenvalue weighted by Gasteiger charge is 2.29. The van der Waals surface area contributed by atoms with E-state index in [2.05, 4.69) is 0 Å². The van der Waals surface area contributed by atoms with Crippen molar-refractivity contribution in [3.63, 3.8) is 0 Å². The fourth-order valence-electron chi connectivity index (χ4n) is 1.49. The van der Waals surface area contributed by atoms with Crippen molar-refractivity contribution in [2.45, 2.75) is 24.9 Å². The fourth-order valence-corrected chi connectivity index (χ4v) is 2.75. The highest BCUT2D eigenvalue weighted by atomic mass is 32.2. The van der Waals surface area contributed by atoms with Gasteiger partial charge in [-0.2, -0.15) is 0 Å². The molecule has 0 saturated heterocycles. The standard InChI is InChI=1S/C13H18O5S/c1-4-18-13(14)10(2)19(15,16)9-11-5-7-12(17-3)8-6-11/h5-8,10H,4,9H2,1-3H3/t10-/m0/s1. The molecule has 0 saturated carbocycles. The number of ether oxygens (including phenoxy) is 2.